The van der Waals surface area contributed by atoms with Crippen LogP contribution in [0.4, 0.5) is 22.7 Å². The van der Waals surface area contributed by atoms with Gasteiger partial charge in [-0.15, -0.1) is 0 Å². The number of carbonyl (C=O) groups excluding carboxylic acids is 11. The molecule has 0 aliphatic carbocycles. The fourth-order valence-electron chi connectivity index (χ4n) is 10.6. The Morgan fingerprint density at radius 3 is 1.25 bits per heavy atom. The molecular weight excluding hydrogens is 1490 g/mol. The number of benzene rings is 7. The van der Waals surface area contributed by atoms with E-state index in [9.17, 15) is 87.9 Å². The summed E-state index contributed by atoms with van der Waals surface area (Å²) in [5.74, 6) is -5.66. The number of ether oxygens (including phenoxy) is 6. The van der Waals surface area contributed by atoms with Crippen LogP contribution in [-0.4, -0.2) is 184 Å². The van der Waals surface area contributed by atoms with E-state index in [2.05, 4.69) is 39.0 Å². The molecule has 2 heterocycles. The average molecular weight is 1570 g/mol. The number of amides is 3. The summed E-state index contributed by atoms with van der Waals surface area (Å²) in [4.78, 5) is 181. The smallest absolute Gasteiger partial charge is 0.870 e. The van der Waals surface area contributed by atoms with Gasteiger partial charge in [0.2, 0.25) is 0 Å². The Balaban J connectivity index is 0.000000385. The van der Waals surface area contributed by atoms with Gasteiger partial charge in [-0.25, -0.2) is 24.0 Å². The predicted molar refractivity (Wildman–Crippen MR) is 398 cm³/mol. The van der Waals surface area contributed by atoms with Gasteiger partial charge >= 0.3 is 60.6 Å². The van der Waals surface area contributed by atoms with E-state index in [0.717, 1.165) is 34.2 Å². The maximum atomic E-state index is 13.3. The fourth-order valence-corrected chi connectivity index (χ4v) is 10.6. The number of nitrogens with two attached hydrogens (primary N) is 1. The maximum absolute atomic E-state index is 13.3. The van der Waals surface area contributed by atoms with E-state index in [0.29, 0.717) is 45.5 Å². The zero-order valence-electron chi connectivity index (χ0n) is 63.9. The number of methoxy groups -OCH3 is 6. The van der Waals surface area contributed by atoms with Gasteiger partial charge in [0.05, 0.1) is 97.5 Å². The molecule has 38 heteroatoms. The van der Waals surface area contributed by atoms with Crippen LogP contribution >= 0.6 is 0 Å². The number of carboxylic acids is 1. The number of rotatable bonds is 22. The number of fused-ring (bicyclic) bond motifs is 2. The second-order valence-corrected chi connectivity index (χ2v) is 24.5. The molecule has 114 heavy (non-hydrogen) atoms. The van der Waals surface area contributed by atoms with Gasteiger partial charge in [-0.3, -0.25) is 63.9 Å². The number of carboxylic acid groups (broad SMARTS) is 1. The van der Waals surface area contributed by atoms with Gasteiger partial charge in [0.15, 0.2) is 11.6 Å². The number of nitro groups is 3. The van der Waals surface area contributed by atoms with E-state index in [-0.39, 0.29) is 149 Å². The number of azide groups is 1. The van der Waals surface area contributed by atoms with E-state index < -0.39 is 68.7 Å². The van der Waals surface area contributed by atoms with Gasteiger partial charge in [0.1, 0.15) is 18.1 Å². The van der Waals surface area contributed by atoms with Crippen LogP contribution in [0, 0.1) is 30.3 Å². The van der Waals surface area contributed by atoms with Crippen molar-refractivity contribution in [3.63, 3.8) is 0 Å². The van der Waals surface area contributed by atoms with Crippen LogP contribution in [0.15, 0.2) is 157 Å². The normalized spacial score (nSPS) is 13.7. The second kappa shape index (κ2) is 45.0. The van der Waals surface area contributed by atoms with Crippen molar-refractivity contribution in [1.29, 1.82) is 0 Å². The quantitative estimate of drug-likeness (QED) is 0.0103. The van der Waals surface area contributed by atoms with Crippen LogP contribution in [0.2, 0.25) is 0 Å². The van der Waals surface area contributed by atoms with Crippen molar-refractivity contribution in [1.82, 2.24) is 20.0 Å². The minimum atomic E-state index is -1.05. The minimum Gasteiger partial charge on any atom is -0.870 e. The van der Waals surface area contributed by atoms with Crippen LogP contribution < -0.4 is 29.9 Å². The third-order valence-corrected chi connectivity index (χ3v) is 17.1. The van der Waals surface area contributed by atoms with Gasteiger partial charge in [-0.2, -0.15) is 0 Å². The first-order chi connectivity index (χ1) is 53.1. The molecule has 0 fully saturated rings. The average Bonchev–Trinajstić information content (AvgIpc) is 1.59. The van der Waals surface area contributed by atoms with Crippen LogP contribution in [-0.2, 0) is 91.4 Å². The summed E-state index contributed by atoms with van der Waals surface area (Å²) in [6, 6.07) is 33.6. The monoisotopic (exact) mass is 1570 g/mol. The minimum absolute atomic E-state index is 0. The molecule has 0 saturated heterocycles. The summed E-state index contributed by atoms with van der Waals surface area (Å²) in [6.07, 6.45) is -0.0972. The Morgan fingerprint density at radius 1 is 0.544 bits per heavy atom. The second-order valence-electron chi connectivity index (χ2n) is 24.5. The fraction of sp³-hybridized carbons (Fsp3) is 0.289. The number of aromatic carboxylic acids is 1. The zero-order valence-corrected chi connectivity index (χ0v) is 63.9. The van der Waals surface area contributed by atoms with Crippen LogP contribution in [0.5, 0.6) is 0 Å². The Labute approximate surface area is 663 Å². The SMILES string of the molecule is COC(=O)[C@@H](C)N.COC(=O)c1ccc(CN(C(=O)c2ccc([N+](=O)[O-])cc2N=[N+]=[N-])[C@H](C)C(=O)OC)cc1.COC(=O)c1ccc(CN2C(=O)c3ccc([N+](=O)[O-])cc3CC(=O)[C@H]2C)cc1.COC(=O)c1ccc(CN[C@H](C)C(=O)OC)cc1.C[C@@H]1C(=O)Cc2cc([N+](=O)[O-])ccc2C(=O)N1Cc1ccc(C(=O)O)cc1.[Li+].[OH-]. The Kier molecular flexibility index (Phi) is 37.4. The summed E-state index contributed by atoms with van der Waals surface area (Å²) in [5.41, 5.74) is 18.3. The molecule has 0 saturated carbocycles. The Hall–Kier alpha value is -13.4. The standard InChI is InChI=1S/C20H19N5O7.C20H18N2O6.C19H16N2O6.C13H17NO4.C4H9NO2.Li.H2O/c1-12(19(27)31-2)24(11-13-4-6-14(7-5-13)20(28)32-3)18(26)16-9-8-15(25(29)30)10-17(16)22-23-21;1-12-18(23)10-15-9-16(22(26)27)7-8-17(15)19(24)21(12)11-13-3-5-14(6-4-13)20(25)28-2;1-11-17(22)9-14-8-15(21(26)27)6-7-16(14)18(23)20(11)10-12-2-4-13(5-3-12)19(24)25;1-9(12(15)17-2)14-8-10-4-6-11(7-5-10)13(16)18-3;1-3(5)4(6)7-2;;/h4-10,12H,11H2,1-3H3;3-9,12H,10-11H2,1-2H3;2-8,11H,9-10H2,1H3,(H,24,25);4-7,9,14H,8H2,1-3H3;3H,5H2,1-2H3;;1H2/q;;;;;+1;/p-1/t2*12-;11-;9-;3-;;/m11111../s1. The summed E-state index contributed by atoms with van der Waals surface area (Å²) in [6.45, 7) is 8.77. The number of hydrogen-bond acceptors (Lipinski definition) is 28. The number of nitrogens with one attached hydrogen (secondary N) is 1. The van der Waals surface area contributed by atoms with E-state index in [1.165, 1.54) is 120 Å². The number of carbonyl (C=O) groups is 12. The van der Waals surface area contributed by atoms with Gasteiger partial charge < -0.3 is 64.8 Å². The molecule has 2 aliphatic heterocycles. The van der Waals surface area contributed by atoms with Gasteiger partial charge in [0, 0.05) is 97.0 Å². The van der Waals surface area contributed by atoms with Gasteiger partial charge in [-0.05, 0) is 140 Å². The molecule has 0 unspecified atom stereocenters. The number of nitrogens with zero attached hydrogens (tertiary/aromatic N) is 9. The number of hydrogen-bond donors (Lipinski definition) is 3. The number of ketones is 2. The first kappa shape index (κ1) is 94.8. The van der Waals surface area contributed by atoms with Crippen molar-refractivity contribution < 1.29 is 130 Å². The predicted octanol–water partition coefficient (Wildman–Crippen LogP) is 5.97. The number of non-ortho nitro benzene ring substituents is 3. The largest absolute Gasteiger partial charge is 1.00 e. The van der Waals surface area contributed by atoms with Gasteiger partial charge in [-0.1, -0.05) is 53.6 Å². The van der Waals surface area contributed by atoms with E-state index in [1.807, 2.05) is 12.1 Å². The molecule has 9 rings (SSSR count). The van der Waals surface area contributed by atoms with Crippen molar-refractivity contribution >= 4 is 93.8 Å². The summed E-state index contributed by atoms with van der Waals surface area (Å²) in [7, 11) is 7.72. The molecule has 0 aromatic heterocycles. The van der Waals surface area contributed by atoms with E-state index >= 15 is 0 Å². The molecule has 7 aromatic rings. The summed E-state index contributed by atoms with van der Waals surface area (Å²) < 4.78 is 27.5. The van der Waals surface area contributed by atoms with Crippen molar-refractivity contribution in [2.24, 2.45) is 10.8 Å². The molecule has 5 atom stereocenters. The molecule has 2 aliphatic rings. The summed E-state index contributed by atoms with van der Waals surface area (Å²) >= 11 is 0. The van der Waals surface area contributed by atoms with Gasteiger partial charge in [0.25, 0.3) is 34.8 Å². The maximum Gasteiger partial charge on any atom is 1.00 e. The molecule has 0 radical (unpaired) electrons. The Bertz CT molecular complexity index is 4750. The number of esters is 6. The number of Topliss-reactive ketones (excluding diaryl/α,β-unsaturated/α-hetero) is 2. The van der Waals surface area contributed by atoms with Crippen molar-refractivity contribution in [3.8, 4) is 0 Å². The zero-order chi connectivity index (χ0) is 83.4. The molecule has 3 amide bonds. The first-order valence-electron chi connectivity index (χ1n) is 33.5. The molecule has 5 N–H and O–H groups in total. The molecule has 0 bridgehead atoms. The Morgan fingerprint density at radius 2 is 0.904 bits per heavy atom. The number of nitro benzene ring substituents is 3. The first-order valence-corrected chi connectivity index (χ1v) is 33.5. The van der Waals surface area contributed by atoms with Crippen molar-refractivity contribution in [2.45, 2.75) is 104 Å². The van der Waals surface area contributed by atoms with Crippen LogP contribution in [0.25, 0.3) is 10.4 Å². The third-order valence-electron chi connectivity index (χ3n) is 17.1. The molecular formula is C76H80LiN11O26. The molecule has 596 valence electrons. The molecule has 37 nitrogen and oxygen atoms in total. The van der Waals surface area contributed by atoms with Crippen molar-refractivity contribution in [2.75, 3.05) is 42.7 Å². The van der Waals surface area contributed by atoms with E-state index in [1.54, 1.807) is 88.4 Å². The van der Waals surface area contributed by atoms with E-state index in [4.69, 9.17) is 21.1 Å². The molecule has 0 spiro atoms. The summed E-state index contributed by atoms with van der Waals surface area (Å²) in [5, 5.41) is 48.4. The molecule has 7 aromatic carbocycles. The third kappa shape index (κ3) is 26.1. The van der Waals surface area contributed by atoms with Crippen LogP contribution in [0.3, 0.4) is 0 Å². The topological polar surface area (TPSA) is 536 Å². The van der Waals surface area contributed by atoms with Crippen LogP contribution in [0.1, 0.15) is 141 Å². The van der Waals surface area contributed by atoms with Crippen molar-refractivity contribution in [3.05, 3.63) is 265 Å².